The average Bonchev–Trinajstić information content (AvgIpc) is 2.87. The van der Waals surface area contributed by atoms with E-state index in [9.17, 15) is 18.0 Å². The molecule has 0 heterocycles. The number of hydrogen-bond donors (Lipinski definition) is 1. The van der Waals surface area contributed by atoms with Crippen molar-refractivity contribution < 1.29 is 22.7 Å². The summed E-state index contributed by atoms with van der Waals surface area (Å²) in [5.74, 6) is 0.162. The van der Waals surface area contributed by atoms with Gasteiger partial charge in [-0.2, -0.15) is 0 Å². The predicted octanol–water partition coefficient (Wildman–Crippen LogP) is 4.72. The smallest absolute Gasteiger partial charge is 0.244 e. The lowest BCUT2D eigenvalue weighted by Gasteiger charge is -2.31. The Kier molecular flexibility index (Phi) is 9.42. The maximum absolute atomic E-state index is 13.5. The maximum atomic E-state index is 13.5. The third-order valence-electron chi connectivity index (χ3n) is 5.53. The molecule has 0 aliphatic carbocycles. The van der Waals surface area contributed by atoms with Crippen LogP contribution in [0.5, 0.6) is 11.5 Å². The van der Waals surface area contributed by atoms with Crippen molar-refractivity contribution in [2.75, 3.05) is 24.2 Å². The molecule has 0 radical (unpaired) electrons. The highest BCUT2D eigenvalue weighted by Gasteiger charge is 2.29. The quantitative estimate of drug-likeness (QED) is 0.385. The lowest BCUT2D eigenvalue weighted by atomic mass is 10.1. The van der Waals surface area contributed by atoms with Crippen molar-refractivity contribution in [3.8, 4) is 11.5 Å². The maximum Gasteiger partial charge on any atom is 0.244 e. The van der Waals surface area contributed by atoms with Crippen LogP contribution in [0.25, 0.3) is 0 Å². The van der Waals surface area contributed by atoms with E-state index in [0.29, 0.717) is 27.1 Å². The molecule has 0 aliphatic rings. The first-order valence-corrected chi connectivity index (χ1v) is 13.9. The molecule has 3 aromatic carbocycles. The van der Waals surface area contributed by atoms with Crippen LogP contribution in [0.15, 0.2) is 72.8 Å². The van der Waals surface area contributed by atoms with Crippen molar-refractivity contribution in [1.29, 1.82) is 0 Å². The predicted molar refractivity (Wildman–Crippen MR) is 146 cm³/mol. The summed E-state index contributed by atoms with van der Waals surface area (Å²) in [5, 5.41) is 3.18. The zero-order valence-electron chi connectivity index (χ0n) is 20.5. The standard InChI is InChI=1S/C26H27Cl2N3O5S/c1-18(26(33)29-2)30(16-19-9-14-23(27)24(28)15-19)25(32)17-31(37(3,34)35)20-10-12-22(13-11-20)36-21-7-5-4-6-8-21/h4-15,18H,16-17H2,1-3H3,(H,29,33)/t18-/m1/s1. The third kappa shape index (κ3) is 7.61. The molecule has 0 saturated carbocycles. The molecule has 37 heavy (non-hydrogen) atoms. The number of para-hydroxylation sites is 1. The number of amides is 2. The Balaban J connectivity index is 1.86. The van der Waals surface area contributed by atoms with E-state index in [-0.39, 0.29) is 12.2 Å². The first-order chi connectivity index (χ1) is 17.5. The molecule has 196 valence electrons. The number of nitrogens with one attached hydrogen (secondary N) is 1. The molecule has 0 aromatic heterocycles. The van der Waals surface area contributed by atoms with Gasteiger partial charge in [-0.05, 0) is 61.0 Å². The highest BCUT2D eigenvalue weighted by molar-refractivity contribution is 7.92. The summed E-state index contributed by atoms with van der Waals surface area (Å²) in [4.78, 5) is 27.2. The van der Waals surface area contributed by atoms with E-state index in [1.54, 1.807) is 61.5 Å². The summed E-state index contributed by atoms with van der Waals surface area (Å²) < 4.78 is 32.1. The first kappa shape index (κ1) is 28.3. The van der Waals surface area contributed by atoms with E-state index >= 15 is 0 Å². The highest BCUT2D eigenvalue weighted by Crippen LogP contribution is 2.27. The number of likely N-dealkylation sites (N-methyl/N-ethyl adjacent to an activating group) is 1. The van der Waals surface area contributed by atoms with Crippen LogP contribution in [0.2, 0.25) is 10.0 Å². The zero-order valence-corrected chi connectivity index (χ0v) is 22.8. The van der Waals surface area contributed by atoms with Crippen LogP contribution in [0, 0.1) is 0 Å². The fraction of sp³-hybridized carbons (Fsp3) is 0.231. The van der Waals surface area contributed by atoms with E-state index in [1.807, 2.05) is 18.2 Å². The summed E-state index contributed by atoms with van der Waals surface area (Å²) in [6.45, 7) is 1.07. The molecule has 3 aromatic rings. The van der Waals surface area contributed by atoms with E-state index in [2.05, 4.69) is 5.32 Å². The fourth-order valence-electron chi connectivity index (χ4n) is 3.54. The fourth-order valence-corrected chi connectivity index (χ4v) is 4.72. The van der Waals surface area contributed by atoms with Crippen molar-refractivity contribution in [3.63, 3.8) is 0 Å². The van der Waals surface area contributed by atoms with Crippen LogP contribution in [0.3, 0.4) is 0 Å². The minimum absolute atomic E-state index is 0.0196. The molecule has 2 amide bonds. The van der Waals surface area contributed by atoms with Crippen LogP contribution in [-0.2, 0) is 26.2 Å². The summed E-state index contributed by atoms with van der Waals surface area (Å²) in [6.07, 6.45) is 1.01. The van der Waals surface area contributed by atoms with E-state index in [1.165, 1.54) is 11.9 Å². The van der Waals surface area contributed by atoms with Crippen molar-refractivity contribution in [2.24, 2.45) is 0 Å². The molecule has 0 bridgehead atoms. The number of carbonyl (C=O) groups is 2. The van der Waals surface area contributed by atoms with Gasteiger partial charge in [0.05, 0.1) is 22.0 Å². The Morgan fingerprint density at radius 1 is 0.946 bits per heavy atom. The zero-order chi connectivity index (χ0) is 27.2. The monoisotopic (exact) mass is 563 g/mol. The molecule has 0 saturated heterocycles. The van der Waals surface area contributed by atoms with Gasteiger partial charge < -0.3 is 15.0 Å². The second-order valence-electron chi connectivity index (χ2n) is 8.24. The first-order valence-electron chi connectivity index (χ1n) is 11.2. The van der Waals surface area contributed by atoms with E-state index < -0.39 is 34.4 Å². The van der Waals surface area contributed by atoms with E-state index in [4.69, 9.17) is 27.9 Å². The Bertz CT molecular complexity index is 1350. The van der Waals surface area contributed by atoms with Gasteiger partial charge >= 0.3 is 0 Å². The van der Waals surface area contributed by atoms with Crippen LogP contribution in [-0.4, -0.2) is 51.0 Å². The van der Waals surface area contributed by atoms with Gasteiger partial charge in [0.1, 0.15) is 24.1 Å². The van der Waals surface area contributed by atoms with Gasteiger partial charge in [-0.1, -0.05) is 47.5 Å². The number of anilines is 1. The molecule has 0 spiro atoms. The van der Waals surface area contributed by atoms with Gasteiger partial charge in [0, 0.05) is 13.6 Å². The second-order valence-corrected chi connectivity index (χ2v) is 11.0. The van der Waals surface area contributed by atoms with E-state index in [0.717, 1.165) is 10.6 Å². The molecule has 0 fully saturated rings. The normalized spacial score (nSPS) is 11.9. The number of sulfonamides is 1. The van der Waals surface area contributed by atoms with Crippen LogP contribution in [0.1, 0.15) is 12.5 Å². The largest absolute Gasteiger partial charge is 0.457 e. The summed E-state index contributed by atoms with van der Waals surface area (Å²) in [6, 6.07) is 19.5. The Morgan fingerprint density at radius 3 is 2.14 bits per heavy atom. The number of benzene rings is 3. The summed E-state index contributed by atoms with van der Waals surface area (Å²) >= 11 is 12.1. The van der Waals surface area contributed by atoms with Gasteiger partial charge in [-0.3, -0.25) is 13.9 Å². The number of nitrogens with zero attached hydrogens (tertiary/aromatic N) is 2. The molecule has 1 atom stereocenters. The molecule has 8 nitrogen and oxygen atoms in total. The van der Waals surface area contributed by atoms with Crippen LogP contribution < -0.4 is 14.4 Å². The Hall–Kier alpha value is -3.27. The molecular weight excluding hydrogens is 537 g/mol. The second kappa shape index (κ2) is 12.3. The number of halogens is 2. The molecule has 11 heteroatoms. The van der Waals surface area contributed by atoms with Crippen molar-refractivity contribution >= 4 is 50.7 Å². The Labute approximate surface area is 226 Å². The van der Waals surface area contributed by atoms with Crippen molar-refractivity contribution in [1.82, 2.24) is 10.2 Å². The van der Waals surface area contributed by atoms with Gasteiger partial charge in [0.15, 0.2) is 0 Å². The van der Waals surface area contributed by atoms with Crippen LogP contribution in [0.4, 0.5) is 5.69 Å². The lowest BCUT2D eigenvalue weighted by molar-refractivity contribution is -0.139. The molecule has 0 unspecified atom stereocenters. The van der Waals surface area contributed by atoms with Crippen LogP contribution >= 0.6 is 23.2 Å². The number of hydrogen-bond acceptors (Lipinski definition) is 5. The summed E-state index contributed by atoms with van der Waals surface area (Å²) in [5.41, 5.74) is 0.908. The number of ether oxygens (including phenoxy) is 1. The SMILES string of the molecule is CNC(=O)[C@@H](C)N(Cc1ccc(Cl)c(Cl)c1)C(=O)CN(c1ccc(Oc2ccccc2)cc1)S(C)(=O)=O. The van der Waals surface area contributed by atoms with Crippen molar-refractivity contribution in [2.45, 2.75) is 19.5 Å². The average molecular weight is 564 g/mol. The third-order valence-corrected chi connectivity index (χ3v) is 7.41. The Morgan fingerprint density at radius 2 is 1.57 bits per heavy atom. The highest BCUT2D eigenvalue weighted by atomic mass is 35.5. The molecule has 3 rings (SSSR count). The summed E-state index contributed by atoms with van der Waals surface area (Å²) in [7, 11) is -2.39. The van der Waals surface area contributed by atoms with Gasteiger partial charge in [0.25, 0.3) is 0 Å². The topological polar surface area (TPSA) is 96.0 Å². The molecular formula is C26H27Cl2N3O5S. The van der Waals surface area contributed by atoms with Gasteiger partial charge in [-0.25, -0.2) is 8.42 Å². The lowest BCUT2D eigenvalue weighted by Crippen LogP contribution is -2.50. The van der Waals surface area contributed by atoms with Gasteiger partial charge in [0.2, 0.25) is 21.8 Å². The minimum atomic E-state index is -3.85. The number of rotatable bonds is 10. The molecule has 1 N–H and O–H groups in total. The minimum Gasteiger partial charge on any atom is -0.457 e. The molecule has 0 aliphatic heterocycles. The van der Waals surface area contributed by atoms with Gasteiger partial charge in [-0.15, -0.1) is 0 Å². The van der Waals surface area contributed by atoms with Crippen molar-refractivity contribution in [3.05, 3.63) is 88.4 Å². The number of carbonyl (C=O) groups excluding carboxylic acids is 2.